The Hall–Kier alpha value is -2.08. The van der Waals surface area contributed by atoms with Gasteiger partial charge in [0.25, 0.3) is 0 Å². The van der Waals surface area contributed by atoms with Crippen LogP contribution in [0.5, 0.6) is 5.75 Å². The van der Waals surface area contributed by atoms with E-state index in [1.54, 1.807) is 36.3 Å². The number of carboxylic acid groups (broad SMARTS) is 1. The summed E-state index contributed by atoms with van der Waals surface area (Å²) in [5, 5.41) is 12.0. The van der Waals surface area contributed by atoms with E-state index in [2.05, 4.69) is 5.32 Å². The Labute approximate surface area is 123 Å². The topological polar surface area (TPSA) is 78.9 Å². The van der Waals surface area contributed by atoms with Crippen LogP contribution in [0, 0.1) is 0 Å². The molecule has 1 saturated heterocycles. The van der Waals surface area contributed by atoms with E-state index in [9.17, 15) is 14.7 Å². The third-order valence-electron chi connectivity index (χ3n) is 3.60. The minimum atomic E-state index is -0.858. The van der Waals surface area contributed by atoms with Crippen molar-refractivity contribution < 1.29 is 19.4 Å². The predicted molar refractivity (Wildman–Crippen MR) is 78.5 cm³/mol. The molecule has 1 atom stereocenters. The van der Waals surface area contributed by atoms with E-state index >= 15 is 0 Å². The van der Waals surface area contributed by atoms with Gasteiger partial charge in [0, 0.05) is 11.8 Å². The van der Waals surface area contributed by atoms with Gasteiger partial charge in [0.05, 0.1) is 13.7 Å². The predicted octanol–water partition coefficient (Wildman–Crippen LogP) is 1.57. The van der Waals surface area contributed by atoms with E-state index in [1.807, 2.05) is 0 Å². The summed E-state index contributed by atoms with van der Waals surface area (Å²) in [6.07, 6.45) is 2.42. The van der Waals surface area contributed by atoms with Gasteiger partial charge in [-0.05, 0) is 31.5 Å². The third-order valence-corrected chi connectivity index (χ3v) is 3.60. The molecule has 0 bridgehead atoms. The lowest BCUT2D eigenvalue weighted by atomic mass is 10.0. The molecule has 6 heteroatoms. The van der Waals surface area contributed by atoms with Gasteiger partial charge in [-0.25, -0.2) is 0 Å². The number of benzene rings is 1. The number of methoxy groups -OCH3 is 1. The summed E-state index contributed by atoms with van der Waals surface area (Å²) in [7, 11) is 1.56. The zero-order chi connectivity index (χ0) is 15.2. The summed E-state index contributed by atoms with van der Waals surface area (Å²) in [6, 6.07) is 6.51. The molecule has 1 amide bonds. The molecule has 6 nitrogen and oxygen atoms in total. The summed E-state index contributed by atoms with van der Waals surface area (Å²) in [5.41, 5.74) is 0.642. The van der Waals surface area contributed by atoms with Crippen molar-refractivity contribution in [2.45, 2.75) is 25.3 Å². The van der Waals surface area contributed by atoms with Crippen LogP contribution >= 0.6 is 0 Å². The van der Waals surface area contributed by atoms with Crippen molar-refractivity contribution in [2.24, 2.45) is 0 Å². The lowest BCUT2D eigenvalue weighted by Crippen LogP contribution is -2.47. The molecule has 0 radical (unpaired) electrons. The van der Waals surface area contributed by atoms with Crippen LogP contribution in [0.25, 0.3) is 0 Å². The van der Waals surface area contributed by atoms with Crippen LogP contribution in [0.1, 0.15) is 19.3 Å². The maximum Gasteiger partial charge on any atom is 0.320 e. The number of likely N-dealkylation sites (tertiary alicyclic amines) is 1. The molecule has 114 valence electrons. The van der Waals surface area contributed by atoms with Crippen LogP contribution in [-0.4, -0.2) is 48.1 Å². The number of hydrogen-bond acceptors (Lipinski definition) is 4. The second kappa shape index (κ2) is 7.08. The highest BCUT2D eigenvalue weighted by Crippen LogP contribution is 2.19. The van der Waals surface area contributed by atoms with Crippen molar-refractivity contribution >= 4 is 17.6 Å². The Morgan fingerprint density at radius 3 is 2.95 bits per heavy atom. The van der Waals surface area contributed by atoms with Gasteiger partial charge in [0.2, 0.25) is 5.91 Å². The Morgan fingerprint density at radius 2 is 2.24 bits per heavy atom. The molecular weight excluding hydrogens is 272 g/mol. The summed E-state index contributed by atoms with van der Waals surface area (Å²) < 4.78 is 5.10. The highest BCUT2D eigenvalue weighted by atomic mass is 16.5. The van der Waals surface area contributed by atoms with Gasteiger partial charge < -0.3 is 15.2 Å². The van der Waals surface area contributed by atoms with E-state index in [-0.39, 0.29) is 12.5 Å². The quantitative estimate of drug-likeness (QED) is 0.861. The fraction of sp³-hybridized carbons (Fsp3) is 0.467. The van der Waals surface area contributed by atoms with E-state index in [0.717, 1.165) is 12.8 Å². The van der Waals surface area contributed by atoms with Crippen LogP contribution < -0.4 is 10.1 Å². The zero-order valence-corrected chi connectivity index (χ0v) is 12.0. The highest BCUT2D eigenvalue weighted by Gasteiger charge is 2.29. The number of rotatable bonds is 5. The van der Waals surface area contributed by atoms with E-state index < -0.39 is 12.0 Å². The first-order valence-corrected chi connectivity index (χ1v) is 7.01. The van der Waals surface area contributed by atoms with E-state index in [4.69, 9.17) is 4.74 Å². The molecule has 0 saturated carbocycles. The monoisotopic (exact) mass is 292 g/mol. The van der Waals surface area contributed by atoms with Crippen molar-refractivity contribution in [3.8, 4) is 5.75 Å². The maximum atomic E-state index is 12.1. The largest absolute Gasteiger partial charge is 0.497 e. The lowest BCUT2D eigenvalue weighted by Gasteiger charge is -2.32. The van der Waals surface area contributed by atoms with Crippen LogP contribution in [-0.2, 0) is 9.59 Å². The summed E-state index contributed by atoms with van der Waals surface area (Å²) in [6.45, 7) is 0.733. The first-order chi connectivity index (χ1) is 10.1. The van der Waals surface area contributed by atoms with Gasteiger partial charge in [-0.1, -0.05) is 12.5 Å². The Balaban J connectivity index is 1.95. The second-order valence-electron chi connectivity index (χ2n) is 5.10. The molecule has 1 unspecified atom stereocenters. The summed E-state index contributed by atoms with van der Waals surface area (Å²) in [4.78, 5) is 25.0. The standard InChI is InChI=1S/C15H20N2O4/c1-21-12-6-4-5-11(9-12)16-14(18)10-17-8-3-2-7-13(17)15(19)20/h4-6,9,13H,2-3,7-8,10H2,1H3,(H,16,18)(H,19,20). The van der Waals surface area contributed by atoms with Gasteiger partial charge in [-0.15, -0.1) is 0 Å². The van der Waals surface area contributed by atoms with Gasteiger partial charge >= 0.3 is 5.97 Å². The Morgan fingerprint density at radius 1 is 1.43 bits per heavy atom. The van der Waals surface area contributed by atoms with Gasteiger partial charge in [0.1, 0.15) is 11.8 Å². The van der Waals surface area contributed by atoms with Crippen molar-refractivity contribution in [3.05, 3.63) is 24.3 Å². The van der Waals surface area contributed by atoms with E-state index in [0.29, 0.717) is 24.4 Å². The van der Waals surface area contributed by atoms with Crippen LogP contribution in [0.4, 0.5) is 5.69 Å². The maximum absolute atomic E-state index is 12.1. The van der Waals surface area contributed by atoms with Crippen molar-refractivity contribution in [1.82, 2.24) is 4.90 Å². The molecule has 1 fully saturated rings. The van der Waals surface area contributed by atoms with Crippen molar-refractivity contribution in [1.29, 1.82) is 0 Å². The summed E-state index contributed by atoms with van der Waals surface area (Å²) in [5.74, 6) is -0.408. The van der Waals surface area contributed by atoms with Gasteiger partial charge in [-0.3, -0.25) is 14.5 Å². The number of piperidine rings is 1. The molecule has 2 N–H and O–H groups in total. The fourth-order valence-electron chi connectivity index (χ4n) is 2.55. The molecule has 0 aliphatic carbocycles. The number of amides is 1. The van der Waals surface area contributed by atoms with E-state index in [1.165, 1.54) is 0 Å². The first-order valence-electron chi connectivity index (χ1n) is 7.01. The molecule has 2 rings (SSSR count). The number of carboxylic acids is 1. The van der Waals surface area contributed by atoms with Crippen molar-refractivity contribution in [3.63, 3.8) is 0 Å². The van der Waals surface area contributed by atoms with Gasteiger partial charge in [-0.2, -0.15) is 0 Å². The average molecular weight is 292 g/mol. The van der Waals surface area contributed by atoms with Gasteiger partial charge in [0.15, 0.2) is 0 Å². The molecular formula is C15H20N2O4. The van der Waals surface area contributed by atoms with Crippen LogP contribution in [0.3, 0.4) is 0 Å². The highest BCUT2D eigenvalue weighted by molar-refractivity contribution is 5.92. The fourth-order valence-corrected chi connectivity index (χ4v) is 2.55. The molecule has 1 aromatic carbocycles. The Bertz CT molecular complexity index is 518. The van der Waals surface area contributed by atoms with Crippen LogP contribution in [0.2, 0.25) is 0 Å². The average Bonchev–Trinajstić information content (AvgIpc) is 2.47. The molecule has 0 aromatic heterocycles. The molecule has 1 aliphatic rings. The first kappa shape index (κ1) is 15.3. The third kappa shape index (κ3) is 4.19. The number of carbonyl (C=O) groups excluding carboxylic acids is 1. The Kier molecular flexibility index (Phi) is 5.16. The van der Waals surface area contributed by atoms with Crippen molar-refractivity contribution in [2.75, 3.05) is 25.5 Å². The number of nitrogens with zero attached hydrogens (tertiary/aromatic N) is 1. The number of carbonyl (C=O) groups is 2. The SMILES string of the molecule is COc1cccc(NC(=O)CN2CCCCC2C(=O)O)c1. The molecule has 1 heterocycles. The zero-order valence-electron chi connectivity index (χ0n) is 12.0. The minimum Gasteiger partial charge on any atom is -0.497 e. The lowest BCUT2D eigenvalue weighted by molar-refractivity contribution is -0.145. The molecule has 21 heavy (non-hydrogen) atoms. The smallest absolute Gasteiger partial charge is 0.320 e. The number of nitrogens with one attached hydrogen (secondary N) is 1. The summed E-state index contributed by atoms with van der Waals surface area (Å²) >= 11 is 0. The minimum absolute atomic E-state index is 0.0914. The molecule has 1 aromatic rings. The normalized spacial score (nSPS) is 19.0. The number of anilines is 1. The number of hydrogen-bond donors (Lipinski definition) is 2. The second-order valence-corrected chi connectivity index (χ2v) is 5.10. The number of ether oxygens (including phenoxy) is 1. The van der Waals surface area contributed by atoms with Crippen LogP contribution in [0.15, 0.2) is 24.3 Å². The molecule has 0 spiro atoms. The number of aliphatic carboxylic acids is 1. The molecule has 1 aliphatic heterocycles.